The molecule has 1 saturated heterocycles. The van der Waals surface area contributed by atoms with Crippen LogP contribution in [0, 0.1) is 0 Å². The summed E-state index contributed by atoms with van der Waals surface area (Å²) in [6.45, 7) is 0.752. The van der Waals surface area contributed by atoms with Gasteiger partial charge < -0.3 is 19.5 Å². The highest BCUT2D eigenvalue weighted by Crippen LogP contribution is 2.29. The van der Waals surface area contributed by atoms with Gasteiger partial charge in [0.15, 0.2) is 6.61 Å². The fraction of sp³-hybridized carbons (Fsp3) is 0.529. The minimum absolute atomic E-state index is 0.0361. The highest BCUT2D eigenvalue weighted by molar-refractivity contribution is 5.95. The molecule has 0 aromatic heterocycles. The van der Waals surface area contributed by atoms with Crippen molar-refractivity contribution in [2.45, 2.75) is 37.8 Å². The van der Waals surface area contributed by atoms with Gasteiger partial charge in [-0.1, -0.05) is 18.9 Å². The number of hydrogen-bond donors (Lipinski definition) is 1. The molecule has 6 nitrogen and oxygen atoms in total. The van der Waals surface area contributed by atoms with E-state index in [1.54, 1.807) is 24.3 Å². The van der Waals surface area contributed by atoms with Crippen LogP contribution in [0.1, 0.15) is 36.0 Å². The number of amides is 1. The molecule has 2 atom stereocenters. The molecule has 1 aromatic carbocycles. The summed E-state index contributed by atoms with van der Waals surface area (Å²) in [5, 5.41) is 8.67. The predicted octanol–water partition coefficient (Wildman–Crippen LogP) is 1.93. The van der Waals surface area contributed by atoms with Crippen molar-refractivity contribution in [3.8, 4) is 5.75 Å². The van der Waals surface area contributed by atoms with E-state index in [0.717, 1.165) is 25.7 Å². The maximum Gasteiger partial charge on any atom is 0.341 e. The predicted molar refractivity (Wildman–Crippen MR) is 82.6 cm³/mol. The molecule has 1 amide bonds. The van der Waals surface area contributed by atoms with Crippen LogP contribution < -0.4 is 4.74 Å². The second kappa shape index (κ2) is 7.00. The first-order chi connectivity index (χ1) is 11.1. The first-order valence-corrected chi connectivity index (χ1v) is 8.02. The van der Waals surface area contributed by atoms with Gasteiger partial charge in [0.25, 0.3) is 5.91 Å². The summed E-state index contributed by atoms with van der Waals surface area (Å²) in [5.41, 5.74) is 0.527. The van der Waals surface area contributed by atoms with E-state index in [2.05, 4.69) is 0 Å². The van der Waals surface area contributed by atoms with E-state index in [1.165, 1.54) is 0 Å². The van der Waals surface area contributed by atoms with Crippen LogP contribution in [0.4, 0.5) is 0 Å². The molecule has 0 bridgehead atoms. The summed E-state index contributed by atoms with van der Waals surface area (Å²) >= 11 is 0. The number of carboxylic acids is 1. The number of carbonyl (C=O) groups is 2. The van der Waals surface area contributed by atoms with E-state index >= 15 is 0 Å². The lowest BCUT2D eigenvalue weighted by molar-refractivity contribution is -0.139. The largest absolute Gasteiger partial charge is 0.482 e. The summed E-state index contributed by atoms with van der Waals surface area (Å²) in [5.74, 6) is -0.683. The van der Waals surface area contributed by atoms with E-state index in [4.69, 9.17) is 14.6 Å². The van der Waals surface area contributed by atoms with Crippen LogP contribution in [-0.2, 0) is 9.53 Å². The van der Waals surface area contributed by atoms with Gasteiger partial charge in [-0.3, -0.25) is 4.79 Å². The Kier molecular flexibility index (Phi) is 4.81. The Bertz CT molecular complexity index is 586. The average molecular weight is 319 g/mol. The van der Waals surface area contributed by atoms with Crippen LogP contribution in [0.2, 0.25) is 0 Å². The second-order valence-electron chi connectivity index (χ2n) is 5.97. The van der Waals surface area contributed by atoms with Crippen molar-refractivity contribution in [1.82, 2.24) is 4.90 Å². The maximum atomic E-state index is 12.8. The van der Waals surface area contributed by atoms with Crippen molar-refractivity contribution in [3.63, 3.8) is 0 Å². The highest BCUT2D eigenvalue weighted by atomic mass is 16.5. The molecule has 1 aromatic rings. The zero-order valence-electron chi connectivity index (χ0n) is 12.9. The Morgan fingerprint density at radius 2 is 2.13 bits per heavy atom. The first kappa shape index (κ1) is 15.8. The van der Waals surface area contributed by atoms with Gasteiger partial charge in [0.05, 0.1) is 18.8 Å². The summed E-state index contributed by atoms with van der Waals surface area (Å²) in [7, 11) is 0. The van der Waals surface area contributed by atoms with Crippen LogP contribution in [0.15, 0.2) is 24.3 Å². The van der Waals surface area contributed by atoms with Gasteiger partial charge in [0.1, 0.15) is 5.75 Å². The Morgan fingerprint density at radius 3 is 2.96 bits per heavy atom. The summed E-state index contributed by atoms with van der Waals surface area (Å²) in [4.78, 5) is 25.3. The lowest BCUT2D eigenvalue weighted by atomic mass is 9.89. The van der Waals surface area contributed by atoms with Crippen LogP contribution >= 0.6 is 0 Å². The summed E-state index contributed by atoms with van der Waals surface area (Å²) < 4.78 is 11.0. The van der Waals surface area contributed by atoms with Gasteiger partial charge in [-0.05, 0) is 31.0 Å². The molecule has 2 fully saturated rings. The molecule has 1 saturated carbocycles. The quantitative estimate of drug-likeness (QED) is 0.918. The standard InChI is InChI=1S/C17H21NO5/c19-16(20)11-23-13-5-3-4-12(10-13)17(21)18-8-9-22-15-7-2-1-6-14(15)18/h3-5,10,14-15H,1-2,6-9,11H2,(H,19,20). The van der Waals surface area contributed by atoms with Gasteiger partial charge in [-0.25, -0.2) is 4.79 Å². The van der Waals surface area contributed by atoms with Gasteiger partial charge in [-0.2, -0.15) is 0 Å². The van der Waals surface area contributed by atoms with Crippen molar-refractivity contribution >= 4 is 11.9 Å². The molecular weight excluding hydrogens is 298 g/mol. The Balaban J connectivity index is 1.74. The van der Waals surface area contributed by atoms with Crippen molar-refractivity contribution in [3.05, 3.63) is 29.8 Å². The third-order valence-electron chi connectivity index (χ3n) is 4.44. The van der Waals surface area contributed by atoms with Gasteiger partial charge in [0, 0.05) is 12.1 Å². The zero-order chi connectivity index (χ0) is 16.2. The molecule has 6 heteroatoms. The van der Waals surface area contributed by atoms with Crippen molar-refractivity contribution in [2.75, 3.05) is 19.8 Å². The Morgan fingerprint density at radius 1 is 1.30 bits per heavy atom. The number of benzene rings is 1. The normalized spacial score (nSPS) is 23.9. The van der Waals surface area contributed by atoms with Gasteiger partial charge >= 0.3 is 5.97 Å². The number of rotatable bonds is 4. The van der Waals surface area contributed by atoms with Crippen molar-refractivity contribution in [2.24, 2.45) is 0 Å². The van der Waals surface area contributed by atoms with E-state index < -0.39 is 12.6 Å². The van der Waals surface area contributed by atoms with E-state index in [-0.39, 0.29) is 18.1 Å². The molecule has 0 radical (unpaired) electrons. The Labute approximate surface area is 135 Å². The van der Waals surface area contributed by atoms with Gasteiger partial charge in [0.2, 0.25) is 0 Å². The molecular formula is C17H21NO5. The minimum atomic E-state index is -1.04. The van der Waals surface area contributed by atoms with E-state index in [1.807, 2.05) is 4.90 Å². The number of carbonyl (C=O) groups excluding carboxylic acids is 1. The molecule has 124 valence electrons. The monoisotopic (exact) mass is 319 g/mol. The SMILES string of the molecule is O=C(O)COc1cccc(C(=O)N2CCOC3CCCCC32)c1. The minimum Gasteiger partial charge on any atom is -0.482 e. The molecule has 2 unspecified atom stereocenters. The lowest BCUT2D eigenvalue weighted by Gasteiger charge is -2.43. The lowest BCUT2D eigenvalue weighted by Crippen LogP contribution is -2.54. The first-order valence-electron chi connectivity index (χ1n) is 8.02. The number of carboxylic acid groups (broad SMARTS) is 1. The highest BCUT2D eigenvalue weighted by Gasteiger charge is 2.36. The number of ether oxygens (including phenoxy) is 2. The zero-order valence-corrected chi connectivity index (χ0v) is 12.9. The number of morpholine rings is 1. The number of hydrogen-bond acceptors (Lipinski definition) is 4. The van der Waals surface area contributed by atoms with Crippen molar-refractivity contribution in [1.29, 1.82) is 0 Å². The van der Waals surface area contributed by atoms with Crippen LogP contribution in [0.25, 0.3) is 0 Å². The number of fused-ring (bicyclic) bond motifs is 1. The van der Waals surface area contributed by atoms with Crippen LogP contribution in [-0.4, -0.2) is 53.8 Å². The third kappa shape index (κ3) is 3.64. The molecule has 1 aliphatic heterocycles. The Hall–Kier alpha value is -2.08. The average Bonchev–Trinajstić information content (AvgIpc) is 2.59. The number of aliphatic carboxylic acids is 1. The smallest absolute Gasteiger partial charge is 0.341 e. The maximum absolute atomic E-state index is 12.8. The summed E-state index contributed by atoms with van der Waals surface area (Å²) in [6.07, 6.45) is 4.41. The van der Waals surface area contributed by atoms with Gasteiger partial charge in [-0.15, -0.1) is 0 Å². The topological polar surface area (TPSA) is 76.1 Å². The fourth-order valence-corrected chi connectivity index (χ4v) is 3.38. The molecule has 23 heavy (non-hydrogen) atoms. The summed E-state index contributed by atoms with van der Waals surface area (Å²) in [6, 6.07) is 6.86. The second-order valence-corrected chi connectivity index (χ2v) is 5.97. The third-order valence-corrected chi connectivity index (χ3v) is 4.44. The van der Waals surface area contributed by atoms with E-state index in [0.29, 0.717) is 24.5 Å². The molecule has 0 spiro atoms. The molecule has 1 N–H and O–H groups in total. The fourth-order valence-electron chi connectivity index (χ4n) is 3.38. The van der Waals surface area contributed by atoms with E-state index in [9.17, 15) is 9.59 Å². The molecule has 1 aliphatic carbocycles. The van der Waals surface area contributed by atoms with Crippen LogP contribution in [0.5, 0.6) is 5.75 Å². The van der Waals surface area contributed by atoms with Crippen molar-refractivity contribution < 1.29 is 24.2 Å². The molecule has 1 heterocycles. The molecule has 3 rings (SSSR count). The number of nitrogens with zero attached hydrogens (tertiary/aromatic N) is 1. The van der Waals surface area contributed by atoms with Crippen LogP contribution in [0.3, 0.4) is 0 Å². The molecule has 2 aliphatic rings.